The van der Waals surface area contributed by atoms with Gasteiger partial charge in [0.15, 0.2) is 0 Å². The van der Waals surface area contributed by atoms with E-state index in [9.17, 15) is 10.2 Å². The van der Waals surface area contributed by atoms with Gasteiger partial charge in [-0.3, -0.25) is 0 Å². The SMILES string of the molecule is C=CC[C@H](OCOC)[C@H](O)[C@@H](O)CCl. The Labute approximate surface area is 89.1 Å². The third-order valence-corrected chi connectivity index (χ3v) is 2.05. The molecule has 0 amide bonds. The van der Waals surface area contributed by atoms with Crippen LogP contribution >= 0.6 is 11.6 Å². The highest BCUT2D eigenvalue weighted by atomic mass is 35.5. The van der Waals surface area contributed by atoms with Crippen molar-refractivity contribution in [2.75, 3.05) is 19.8 Å². The van der Waals surface area contributed by atoms with E-state index in [1.165, 1.54) is 7.11 Å². The van der Waals surface area contributed by atoms with Gasteiger partial charge in [0.05, 0.1) is 18.1 Å². The summed E-state index contributed by atoms with van der Waals surface area (Å²) in [6.07, 6.45) is -0.538. The average molecular weight is 225 g/mol. The van der Waals surface area contributed by atoms with Crippen LogP contribution in [-0.2, 0) is 9.47 Å². The van der Waals surface area contributed by atoms with E-state index in [4.69, 9.17) is 21.1 Å². The molecule has 0 bridgehead atoms. The van der Waals surface area contributed by atoms with E-state index in [0.717, 1.165) is 0 Å². The van der Waals surface area contributed by atoms with Crippen LogP contribution in [0.2, 0.25) is 0 Å². The Balaban J connectivity index is 4.08. The smallest absolute Gasteiger partial charge is 0.146 e. The molecule has 0 aliphatic carbocycles. The number of hydrogen-bond donors (Lipinski definition) is 2. The summed E-state index contributed by atoms with van der Waals surface area (Å²) < 4.78 is 9.85. The molecule has 0 aliphatic rings. The van der Waals surface area contributed by atoms with Crippen molar-refractivity contribution >= 4 is 11.6 Å². The predicted octanol–water partition coefficient (Wildman–Crippen LogP) is 0.512. The Bertz CT molecular complexity index is 154. The van der Waals surface area contributed by atoms with Crippen molar-refractivity contribution < 1.29 is 19.7 Å². The zero-order chi connectivity index (χ0) is 11.0. The molecule has 3 atom stereocenters. The second kappa shape index (κ2) is 8.20. The summed E-state index contributed by atoms with van der Waals surface area (Å²) in [5.41, 5.74) is 0. The molecule has 0 aliphatic heterocycles. The topological polar surface area (TPSA) is 58.9 Å². The highest BCUT2D eigenvalue weighted by Crippen LogP contribution is 2.10. The first kappa shape index (κ1) is 13.9. The van der Waals surface area contributed by atoms with Crippen LogP contribution in [-0.4, -0.2) is 48.3 Å². The Kier molecular flexibility index (Phi) is 8.12. The van der Waals surface area contributed by atoms with Crippen LogP contribution in [0.15, 0.2) is 12.7 Å². The molecule has 0 unspecified atom stereocenters. The Morgan fingerprint density at radius 2 is 2.14 bits per heavy atom. The minimum absolute atomic E-state index is 0.0366. The number of rotatable bonds is 8. The maximum absolute atomic E-state index is 9.57. The summed E-state index contributed by atoms with van der Waals surface area (Å²) in [5, 5.41) is 18.9. The third-order valence-electron chi connectivity index (χ3n) is 1.73. The molecule has 2 N–H and O–H groups in total. The zero-order valence-electron chi connectivity index (χ0n) is 8.23. The maximum atomic E-state index is 9.57. The van der Waals surface area contributed by atoms with Gasteiger partial charge in [0.25, 0.3) is 0 Å². The van der Waals surface area contributed by atoms with Crippen molar-refractivity contribution in [2.45, 2.75) is 24.7 Å². The molecule has 0 saturated carbocycles. The molecule has 0 rings (SSSR count). The molecule has 0 fully saturated rings. The summed E-state index contributed by atoms with van der Waals surface area (Å²) in [5.74, 6) is -0.0366. The molecule has 4 nitrogen and oxygen atoms in total. The predicted molar refractivity (Wildman–Crippen MR) is 54.3 cm³/mol. The second-order valence-corrected chi connectivity index (χ2v) is 3.16. The van der Waals surface area contributed by atoms with Gasteiger partial charge in [-0.05, 0) is 6.42 Å². The summed E-state index contributed by atoms with van der Waals surface area (Å²) in [7, 11) is 1.48. The van der Waals surface area contributed by atoms with Gasteiger partial charge in [0, 0.05) is 7.11 Å². The number of hydrogen-bond acceptors (Lipinski definition) is 4. The standard InChI is InChI=1S/C9H17ClO4/c1-3-4-8(14-6-13-2)9(12)7(11)5-10/h3,7-9,11-12H,1,4-6H2,2H3/t7-,8-,9+/m0/s1. The van der Waals surface area contributed by atoms with Gasteiger partial charge in [-0.15, -0.1) is 18.2 Å². The fourth-order valence-electron chi connectivity index (χ4n) is 0.965. The number of alkyl halides is 1. The van der Waals surface area contributed by atoms with Crippen LogP contribution in [0.4, 0.5) is 0 Å². The van der Waals surface area contributed by atoms with E-state index in [0.29, 0.717) is 6.42 Å². The third kappa shape index (κ3) is 4.93. The molecule has 0 heterocycles. The highest BCUT2D eigenvalue weighted by molar-refractivity contribution is 6.18. The maximum Gasteiger partial charge on any atom is 0.146 e. The first-order valence-electron chi connectivity index (χ1n) is 4.30. The van der Waals surface area contributed by atoms with Crippen molar-refractivity contribution in [3.05, 3.63) is 12.7 Å². The molecular weight excluding hydrogens is 208 g/mol. The van der Waals surface area contributed by atoms with Gasteiger partial charge in [0.2, 0.25) is 0 Å². The molecule has 14 heavy (non-hydrogen) atoms. The number of aliphatic hydroxyl groups is 2. The first-order valence-corrected chi connectivity index (χ1v) is 4.84. The molecule has 0 spiro atoms. The lowest BCUT2D eigenvalue weighted by molar-refractivity contribution is -0.132. The molecular formula is C9H17ClO4. The lowest BCUT2D eigenvalue weighted by Gasteiger charge is -2.24. The van der Waals surface area contributed by atoms with Gasteiger partial charge in [-0.2, -0.15) is 0 Å². The second-order valence-electron chi connectivity index (χ2n) is 2.85. The number of halogens is 1. The molecule has 0 aromatic rings. The summed E-state index contributed by atoms with van der Waals surface area (Å²) >= 11 is 5.40. The summed E-state index contributed by atoms with van der Waals surface area (Å²) in [6.45, 7) is 3.59. The Morgan fingerprint density at radius 3 is 2.57 bits per heavy atom. The molecule has 0 aromatic heterocycles. The van der Waals surface area contributed by atoms with Crippen molar-refractivity contribution in [3.8, 4) is 0 Å². The average Bonchev–Trinajstić information content (AvgIpc) is 2.22. The summed E-state index contributed by atoms with van der Waals surface area (Å²) in [4.78, 5) is 0. The monoisotopic (exact) mass is 224 g/mol. The fraction of sp³-hybridized carbons (Fsp3) is 0.778. The molecule has 0 aromatic carbocycles. The Morgan fingerprint density at radius 1 is 1.50 bits per heavy atom. The van der Waals surface area contributed by atoms with E-state index < -0.39 is 18.3 Å². The van der Waals surface area contributed by atoms with Crippen molar-refractivity contribution in [3.63, 3.8) is 0 Å². The van der Waals surface area contributed by atoms with Crippen molar-refractivity contribution in [1.82, 2.24) is 0 Å². The highest BCUT2D eigenvalue weighted by Gasteiger charge is 2.25. The van der Waals surface area contributed by atoms with Crippen LogP contribution in [0, 0.1) is 0 Å². The van der Waals surface area contributed by atoms with Gasteiger partial charge >= 0.3 is 0 Å². The van der Waals surface area contributed by atoms with Crippen LogP contribution in [0.25, 0.3) is 0 Å². The van der Waals surface area contributed by atoms with Crippen LogP contribution in [0.1, 0.15) is 6.42 Å². The normalized spacial score (nSPS) is 17.4. The van der Waals surface area contributed by atoms with Gasteiger partial charge in [-0.1, -0.05) is 6.08 Å². The summed E-state index contributed by atoms with van der Waals surface area (Å²) in [6, 6.07) is 0. The van der Waals surface area contributed by atoms with E-state index >= 15 is 0 Å². The van der Waals surface area contributed by atoms with Crippen LogP contribution < -0.4 is 0 Å². The minimum atomic E-state index is -1.03. The van der Waals surface area contributed by atoms with Crippen molar-refractivity contribution in [2.24, 2.45) is 0 Å². The van der Waals surface area contributed by atoms with Crippen molar-refractivity contribution in [1.29, 1.82) is 0 Å². The van der Waals surface area contributed by atoms with Gasteiger partial charge in [0.1, 0.15) is 12.9 Å². The first-order chi connectivity index (χ1) is 6.67. The largest absolute Gasteiger partial charge is 0.389 e. The van der Waals surface area contributed by atoms with E-state index in [-0.39, 0.29) is 12.7 Å². The van der Waals surface area contributed by atoms with Crippen LogP contribution in [0.5, 0.6) is 0 Å². The molecule has 5 heteroatoms. The van der Waals surface area contributed by atoms with E-state index in [1.54, 1.807) is 6.08 Å². The van der Waals surface area contributed by atoms with Gasteiger partial charge < -0.3 is 19.7 Å². The quantitative estimate of drug-likeness (QED) is 0.358. The van der Waals surface area contributed by atoms with E-state index in [2.05, 4.69) is 6.58 Å². The lowest BCUT2D eigenvalue weighted by Crippen LogP contribution is -2.40. The number of aliphatic hydroxyl groups excluding tert-OH is 2. The number of methoxy groups -OCH3 is 1. The van der Waals surface area contributed by atoms with Gasteiger partial charge in [-0.25, -0.2) is 0 Å². The minimum Gasteiger partial charge on any atom is -0.389 e. The molecule has 0 radical (unpaired) electrons. The fourth-order valence-corrected chi connectivity index (χ4v) is 1.15. The number of ether oxygens (including phenoxy) is 2. The lowest BCUT2D eigenvalue weighted by atomic mass is 10.1. The zero-order valence-corrected chi connectivity index (χ0v) is 8.98. The van der Waals surface area contributed by atoms with E-state index in [1.807, 2.05) is 0 Å². The molecule has 0 saturated heterocycles. The Hall–Kier alpha value is -0.130. The van der Waals surface area contributed by atoms with Crippen LogP contribution in [0.3, 0.4) is 0 Å². The molecule has 84 valence electrons.